The van der Waals surface area contributed by atoms with Crippen molar-refractivity contribution in [3.8, 4) is 11.3 Å². The number of likely N-dealkylation sites (tertiary alicyclic amines) is 1. The molecule has 1 aromatic heterocycles. The molecular formula is C22H29ClN4O3. The van der Waals surface area contributed by atoms with Gasteiger partial charge in [0.1, 0.15) is 22.7 Å². The van der Waals surface area contributed by atoms with Gasteiger partial charge in [-0.05, 0) is 25.2 Å². The molecule has 0 bridgehead atoms. The van der Waals surface area contributed by atoms with Crippen LogP contribution in [0.1, 0.15) is 46.0 Å². The van der Waals surface area contributed by atoms with Crippen molar-refractivity contribution in [3.63, 3.8) is 0 Å². The minimum absolute atomic E-state index is 0.00718. The van der Waals surface area contributed by atoms with E-state index in [9.17, 15) is 9.59 Å². The number of alkyl carbamates (subject to hydrolysis) is 1. The molecule has 7 nitrogen and oxygen atoms in total. The predicted octanol–water partition coefficient (Wildman–Crippen LogP) is 4.41. The Hall–Kier alpha value is -2.54. The number of methoxy groups -OCH3 is 1. The van der Waals surface area contributed by atoms with Gasteiger partial charge in [-0.1, -0.05) is 62.7 Å². The van der Waals surface area contributed by atoms with Crippen molar-refractivity contribution >= 4 is 23.6 Å². The SMILES string of the molecule is COC(=O)NC(C(=O)N1C(c2nc(-c3ccccc3)c(Cl)[nH]2)CC(C)C1C)C(C)C. The van der Waals surface area contributed by atoms with Gasteiger partial charge in [-0.2, -0.15) is 0 Å². The number of nitrogens with zero attached hydrogens (tertiary/aromatic N) is 2. The first kappa shape index (κ1) is 22.2. The molecule has 1 aliphatic rings. The summed E-state index contributed by atoms with van der Waals surface area (Å²) in [5.41, 5.74) is 1.58. The molecule has 3 rings (SSSR count). The lowest BCUT2D eigenvalue weighted by Gasteiger charge is -2.33. The van der Waals surface area contributed by atoms with Gasteiger partial charge in [0.15, 0.2) is 0 Å². The number of amides is 2. The summed E-state index contributed by atoms with van der Waals surface area (Å²) in [7, 11) is 1.29. The van der Waals surface area contributed by atoms with Gasteiger partial charge in [0.25, 0.3) is 0 Å². The van der Waals surface area contributed by atoms with Crippen molar-refractivity contribution in [3.05, 3.63) is 41.3 Å². The number of aromatic nitrogens is 2. The minimum Gasteiger partial charge on any atom is -0.453 e. The van der Waals surface area contributed by atoms with Gasteiger partial charge >= 0.3 is 6.09 Å². The van der Waals surface area contributed by atoms with Crippen molar-refractivity contribution in [1.82, 2.24) is 20.2 Å². The second-order valence-electron chi connectivity index (χ2n) is 8.22. The van der Waals surface area contributed by atoms with E-state index < -0.39 is 12.1 Å². The van der Waals surface area contributed by atoms with Crippen LogP contribution in [0.4, 0.5) is 4.79 Å². The Morgan fingerprint density at radius 2 is 1.93 bits per heavy atom. The second-order valence-corrected chi connectivity index (χ2v) is 8.60. The van der Waals surface area contributed by atoms with Crippen LogP contribution in [0.15, 0.2) is 30.3 Å². The number of hydrogen-bond acceptors (Lipinski definition) is 4. The Morgan fingerprint density at radius 1 is 1.27 bits per heavy atom. The lowest BCUT2D eigenvalue weighted by atomic mass is 10.0. The largest absolute Gasteiger partial charge is 0.453 e. The standard InChI is InChI=1S/C22H29ClN4O3/c1-12(2)17(25-22(29)30-5)21(28)27-14(4)13(3)11-16(27)20-24-18(19(23)26-20)15-9-7-6-8-10-15/h6-10,12-14,16-17H,11H2,1-5H3,(H,24,26)(H,25,29). The van der Waals surface area contributed by atoms with Gasteiger partial charge in [-0.15, -0.1) is 0 Å². The third-order valence-corrected chi connectivity index (χ3v) is 6.15. The van der Waals surface area contributed by atoms with Crippen molar-refractivity contribution in [1.29, 1.82) is 0 Å². The zero-order valence-corrected chi connectivity index (χ0v) is 18.7. The number of hydrogen-bond donors (Lipinski definition) is 2. The Morgan fingerprint density at radius 3 is 2.53 bits per heavy atom. The average molecular weight is 433 g/mol. The molecule has 2 amide bonds. The first-order chi connectivity index (χ1) is 14.2. The van der Waals surface area contributed by atoms with Gasteiger partial charge in [0.05, 0.1) is 13.2 Å². The fraction of sp³-hybridized carbons (Fsp3) is 0.500. The summed E-state index contributed by atoms with van der Waals surface area (Å²) in [6.07, 6.45) is 0.138. The van der Waals surface area contributed by atoms with Crippen LogP contribution < -0.4 is 5.32 Å². The van der Waals surface area contributed by atoms with Crippen LogP contribution >= 0.6 is 11.6 Å². The van der Waals surface area contributed by atoms with E-state index in [0.29, 0.717) is 16.7 Å². The summed E-state index contributed by atoms with van der Waals surface area (Å²) in [5.74, 6) is 0.685. The number of imidazole rings is 1. The third-order valence-electron chi connectivity index (χ3n) is 5.88. The molecule has 1 saturated heterocycles. The zero-order chi connectivity index (χ0) is 22.0. The van der Waals surface area contributed by atoms with Crippen LogP contribution in [0.5, 0.6) is 0 Å². The second kappa shape index (κ2) is 9.08. The maximum atomic E-state index is 13.5. The Kier molecular flexibility index (Phi) is 6.71. The van der Waals surface area contributed by atoms with Crippen LogP contribution in [0, 0.1) is 11.8 Å². The zero-order valence-electron chi connectivity index (χ0n) is 18.0. The van der Waals surface area contributed by atoms with Gasteiger partial charge in [-0.25, -0.2) is 9.78 Å². The number of rotatable bonds is 5. The van der Waals surface area contributed by atoms with E-state index in [-0.39, 0.29) is 29.8 Å². The number of ether oxygens (including phenoxy) is 1. The predicted molar refractivity (Wildman–Crippen MR) is 116 cm³/mol. The first-order valence-electron chi connectivity index (χ1n) is 10.2. The van der Waals surface area contributed by atoms with Gasteiger partial charge < -0.3 is 19.9 Å². The molecule has 4 atom stereocenters. The van der Waals surface area contributed by atoms with Crippen LogP contribution in [0.25, 0.3) is 11.3 Å². The highest BCUT2D eigenvalue weighted by molar-refractivity contribution is 6.31. The summed E-state index contributed by atoms with van der Waals surface area (Å²) < 4.78 is 4.71. The van der Waals surface area contributed by atoms with E-state index >= 15 is 0 Å². The van der Waals surface area contributed by atoms with Crippen molar-refractivity contribution in [2.75, 3.05) is 7.11 Å². The fourth-order valence-corrected chi connectivity index (χ4v) is 4.24. The molecule has 2 heterocycles. The molecule has 1 aromatic carbocycles. The minimum atomic E-state index is -0.688. The molecule has 0 aliphatic carbocycles. The van der Waals surface area contributed by atoms with E-state index in [1.165, 1.54) is 7.11 Å². The number of aromatic amines is 1. The smallest absolute Gasteiger partial charge is 0.407 e. The molecule has 0 spiro atoms. The summed E-state index contributed by atoms with van der Waals surface area (Å²) >= 11 is 6.46. The number of halogens is 1. The number of carbonyl (C=O) groups excluding carboxylic acids is 2. The summed E-state index contributed by atoms with van der Waals surface area (Å²) in [4.78, 5) is 35.1. The lowest BCUT2D eigenvalue weighted by molar-refractivity contribution is -0.137. The number of H-pyrrole nitrogens is 1. The van der Waals surface area contributed by atoms with Gasteiger partial charge in [0, 0.05) is 11.6 Å². The molecule has 30 heavy (non-hydrogen) atoms. The van der Waals surface area contributed by atoms with Crippen LogP contribution in [-0.2, 0) is 9.53 Å². The van der Waals surface area contributed by atoms with Crippen LogP contribution in [0.3, 0.4) is 0 Å². The topological polar surface area (TPSA) is 87.3 Å². The normalized spacial score (nSPS) is 22.2. The Balaban J connectivity index is 1.94. The highest BCUT2D eigenvalue weighted by atomic mass is 35.5. The maximum Gasteiger partial charge on any atom is 0.407 e. The summed E-state index contributed by atoms with van der Waals surface area (Å²) in [5, 5.41) is 3.13. The molecule has 1 fully saturated rings. The molecule has 1 aliphatic heterocycles. The Labute approximate surface area is 182 Å². The molecule has 0 saturated carbocycles. The van der Waals surface area contributed by atoms with Crippen molar-refractivity contribution < 1.29 is 14.3 Å². The summed E-state index contributed by atoms with van der Waals surface area (Å²) in [6, 6.07) is 8.75. The molecular weight excluding hydrogens is 404 g/mol. The third kappa shape index (κ3) is 4.31. The molecule has 162 valence electrons. The van der Waals surface area contributed by atoms with E-state index in [0.717, 1.165) is 12.0 Å². The van der Waals surface area contributed by atoms with E-state index in [4.69, 9.17) is 21.3 Å². The van der Waals surface area contributed by atoms with E-state index in [2.05, 4.69) is 17.2 Å². The molecule has 2 N–H and O–H groups in total. The number of nitrogens with one attached hydrogen (secondary N) is 2. The van der Waals surface area contributed by atoms with Crippen molar-refractivity contribution in [2.24, 2.45) is 11.8 Å². The molecule has 4 unspecified atom stereocenters. The highest BCUT2D eigenvalue weighted by Gasteiger charge is 2.44. The van der Waals surface area contributed by atoms with E-state index in [1.807, 2.05) is 56.0 Å². The number of carbonyl (C=O) groups is 2. The molecule has 2 aromatic rings. The highest BCUT2D eigenvalue weighted by Crippen LogP contribution is 2.41. The fourth-order valence-electron chi connectivity index (χ4n) is 3.99. The Bertz CT molecular complexity index is 899. The quantitative estimate of drug-likeness (QED) is 0.732. The maximum absolute atomic E-state index is 13.5. The monoisotopic (exact) mass is 432 g/mol. The molecule has 8 heteroatoms. The van der Waals surface area contributed by atoms with E-state index in [1.54, 1.807) is 0 Å². The van der Waals surface area contributed by atoms with Crippen molar-refractivity contribution in [2.45, 2.75) is 52.2 Å². The first-order valence-corrected chi connectivity index (χ1v) is 10.6. The van der Waals surface area contributed by atoms with Crippen LogP contribution in [-0.4, -0.2) is 46.1 Å². The number of benzene rings is 1. The summed E-state index contributed by atoms with van der Waals surface area (Å²) in [6.45, 7) is 7.94. The lowest BCUT2D eigenvalue weighted by Crippen LogP contribution is -2.53. The van der Waals surface area contributed by atoms with Crippen LogP contribution in [0.2, 0.25) is 5.15 Å². The molecule has 0 radical (unpaired) electrons. The average Bonchev–Trinajstić information content (AvgIpc) is 3.25. The van der Waals surface area contributed by atoms with Gasteiger partial charge in [-0.3, -0.25) is 4.79 Å². The van der Waals surface area contributed by atoms with Gasteiger partial charge in [0.2, 0.25) is 5.91 Å².